The van der Waals surface area contributed by atoms with Crippen molar-refractivity contribution in [2.24, 2.45) is 0 Å². The number of ether oxygens (including phenoxy) is 1. The van der Waals surface area contributed by atoms with Gasteiger partial charge in [0.15, 0.2) is 0 Å². The molecule has 0 spiro atoms. The highest BCUT2D eigenvalue weighted by Gasteiger charge is 2.52. The number of aliphatic hydroxyl groups excluding tert-OH is 1. The van der Waals surface area contributed by atoms with Gasteiger partial charge in [0.05, 0.1) is 23.4 Å². The zero-order chi connectivity index (χ0) is 14.8. The second kappa shape index (κ2) is 3.90. The highest BCUT2D eigenvalue weighted by Crippen LogP contribution is 2.58. The maximum absolute atomic E-state index is 10.6. The maximum atomic E-state index is 10.6. The highest BCUT2D eigenvalue weighted by atomic mass is 16.5. The molecule has 1 aromatic carbocycles. The van der Waals surface area contributed by atoms with Crippen LogP contribution in [0.15, 0.2) is 36.4 Å². The summed E-state index contributed by atoms with van der Waals surface area (Å²) in [6, 6.07) is 7.47. The third-order valence-corrected chi connectivity index (χ3v) is 4.33. The van der Waals surface area contributed by atoms with Crippen LogP contribution in [0.2, 0.25) is 0 Å². The van der Waals surface area contributed by atoms with E-state index in [2.05, 4.69) is 0 Å². The van der Waals surface area contributed by atoms with Gasteiger partial charge in [-0.2, -0.15) is 0 Å². The number of hydrogen-bond acceptors (Lipinski definition) is 4. The Hall–Kier alpha value is -2.24. The first-order valence-electron chi connectivity index (χ1n) is 6.80. The van der Waals surface area contributed by atoms with Gasteiger partial charge in [-0.1, -0.05) is 24.3 Å². The molecule has 0 fully saturated rings. The van der Waals surface area contributed by atoms with Crippen molar-refractivity contribution in [3.05, 3.63) is 53.1 Å². The Morgan fingerprint density at radius 1 is 1.24 bits per heavy atom. The zero-order valence-electron chi connectivity index (χ0n) is 11.4. The van der Waals surface area contributed by atoms with Crippen LogP contribution in [0.25, 0.3) is 5.69 Å². The monoisotopic (exact) mass is 285 g/mol. The first kappa shape index (κ1) is 12.5. The van der Waals surface area contributed by atoms with Gasteiger partial charge in [0.25, 0.3) is 0 Å². The number of rotatable bonds is 2. The molecule has 1 aromatic heterocycles. The first-order chi connectivity index (χ1) is 10.1. The molecule has 5 nitrogen and oxygen atoms in total. The fourth-order valence-electron chi connectivity index (χ4n) is 3.31. The van der Waals surface area contributed by atoms with Gasteiger partial charge < -0.3 is 20.1 Å². The summed E-state index contributed by atoms with van der Waals surface area (Å²) in [5.74, 6) is -0.126. The van der Waals surface area contributed by atoms with Gasteiger partial charge in [-0.3, -0.25) is 4.57 Å². The Morgan fingerprint density at radius 2 is 2.00 bits per heavy atom. The SMILES string of the molecule is Cc1ccccc1-n1c(O)c2c(c1O)C1(CO)C=CC2O1. The number of nitrogens with zero attached hydrogens (tertiary/aromatic N) is 1. The van der Waals surface area contributed by atoms with Crippen molar-refractivity contribution < 1.29 is 20.1 Å². The summed E-state index contributed by atoms with van der Waals surface area (Å²) < 4.78 is 7.12. The molecule has 2 aliphatic rings. The Morgan fingerprint density at radius 3 is 2.71 bits per heavy atom. The molecule has 21 heavy (non-hydrogen) atoms. The van der Waals surface area contributed by atoms with Crippen molar-refractivity contribution in [1.29, 1.82) is 0 Å². The van der Waals surface area contributed by atoms with Crippen molar-refractivity contribution in [1.82, 2.24) is 4.57 Å². The minimum atomic E-state index is -1.05. The van der Waals surface area contributed by atoms with E-state index in [1.54, 1.807) is 12.2 Å². The molecule has 4 rings (SSSR count). The highest BCUT2D eigenvalue weighted by molar-refractivity contribution is 5.63. The molecule has 5 heteroatoms. The maximum Gasteiger partial charge on any atom is 0.205 e. The molecular weight excluding hydrogens is 270 g/mol. The fourth-order valence-corrected chi connectivity index (χ4v) is 3.31. The molecule has 2 atom stereocenters. The Kier molecular flexibility index (Phi) is 2.32. The Balaban J connectivity index is 2.01. The summed E-state index contributed by atoms with van der Waals surface area (Å²) in [5.41, 5.74) is 1.58. The van der Waals surface area contributed by atoms with Crippen LogP contribution < -0.4 is 0 Å². The number of hydrogen-bond donors (Lipinski definition) is 3. The molecule has 2 aromatic rings. The van der Waals surface area contributed by atoms with Crippen molar-refractivity contribution in [3.63, 3.8) is 0 Å². The number of para-hydroxylation sites is 1. The lowest BCUT2D eigenvalue weighted by Gasteiger charge is -2.21. The van der Waals surface area contributed by atoms with E-state index < -0.39 is 11.7 Å². The second-order valence-electron chi connectivity index (χ2n) is 5.50. The van der Waals surface area contributed by atoms with E-state index in [1.807, 2.05) is 31.2 Å². The minimum absolute atomic E-state index is 0.0403. The van der Waals surface area contributed by atoms with E-state index in [4.69, 9.17) is 4.74 Å². The smallest absolute Gasteiger partial charge is 0.205 e. The average Bonchev–Trinajstić information content (AvgIpc) is 3.12. The zero-order valence-corrected chi connectivity index (χ0v) is 11.4. The van der Waals surface area contributed by atoms with Crippen LogP contribution in [0, 0.1) is 6.92 Å². The number of aromatic hydroxyl groups is 2. The second-order valence-corrected chi connectivity index (χ2v) is 5.50. The van der Waals surface area contributed by atoms with Crippen molar-refractivity contribution in [2.45, 2.75) is 18.6 Å². The van der Waals surface area contributed by atoms with E-state index in [9.17, 15) is 15.3 Å². The minimum Gasteiger partial charge on any atom is -0.494 e. The van der Waals surface area contributed by atoms with Gasteiger partial charge in [0, 0.05) is 0 Å². The summed E-state index contributed by atoms with van der Waals surface area (Å²) in [4.78, 5) is 0. The number of aromatic nitrogens is 1. The summed E-state index contributed by atoms with van der Waals surface area (Å²) in [6.45, 7) is 1.63. The fraction of sp³-hybridized carbons (Fsp3) is 0.250. The molecule has 0 amide bonds. The molecule has 3 N–H and O–H groups in total. The third kappa shape index (κ3) is 1.37. The van der Waals surface area contributed by atoms with Gasteiger partial charge in [-0.25, -0.2) is 0 Å². The average molecular weight is 285 g/mol. The van der Waals surface area contributed by atoms with Crippen LogP contribution in [0.5, 0.6) is 11.8 Å². The van der Waals surface area contributed by atoms with Gasteiger partial charge in [0.2, 0.25) is 11.8 Å². The topological polar surface area (TPSA) is 74.9 Å². The molecule has 2 aliphatic heterocycles. The standard InChI is InChI=1S/C16H15NO4/c1-9-4-2-3-5-10(9)17-14(19)12-11-6-7-16(8-18,21-11)13(12)15(17)20/h2-7,11,18-20H,8H2,1H3. The predicted molar refractivity (Wildman–Crippen MR) is 75.6 cm³/mol. The lowest BCUT2D eigenvalue weighted by atomic mass is 9.90. The van der Waals surface area contributed by atoms with Gasteiger partial charge in [-0.05, 0) is 24.6 Å². The van der Waals surface area contributed by atoms with E-state index in [0.717, 1.165) is 5.56 Å². The molecule has 0 saturated carbocycles. The summed E-state index contributed by atoms with van der Waals surface area (Å²) >= 11 is 0. The van der Waals surface area contributed by atoms with E-state index in [1.165, 1.54) is 4.57 Å². The molecule has 0 saturated heterocycles. The molecule has 0 radical (unpaired) electrons. The Bertz CT molecular complexity index is 777. The number of benzene rings is 1. The van der Waals surface area contributed by atoms with Crippen LogP contribution >= 0.6 is 0 Å². The normalized spacial score (nSPS) is 25.5. The van der Waals surface area contributed by atoms with Crippen LogP contribution in [-0.4, -0.2) is 26.5 Å². The Labute approximate surface area is 121 Å². The van der Waals surface area contributed by atoms with E-state index in [-0.39, 0.29) is 18.4 Å². The first-order valence-corrected chi connectivity index (χ1v) is 6.80. The number of aryl methyl sites for hydroxylation is 1. The quantitative estimate of drug-likeness (QED) is 0.738. The third-order valence-electron chi connectivity index (χ3n) is 4.33. The lowest BCUT2D eigenvalue weighted by Crippen LogP contribution is -2.25. The number of aliphatic hydroxyl groups is 1. The summed E-state index contributed by atoms with van der Waals surface area (Å²) in [7, 11) is 0. The van der Waals surface area contributed by atoms with Crippen molar-refractivity contribution >= 4 is 0 Å². The van der Waals surface area contributed by atoms with Crippen LogP contribution in [0.4, 0.5) is 0 Å². The lowest BCUT2D eigenvalue weighted by molar-refractivity contribution is -0.0414. The largest absolute Gasteiger partial charge is 0.494 e. The van der Waals surface area contributed by atoms with Gasteiger partial charge >= 0.3 is 0 Å². The van der Waals surface area contributed by atoms with E-state index in [0.29, 0.717) is 16.8 Å². The van der Waals surface area contributed by atoms with Crippen LogP contribution in [0.1, 0.15) is 22.8 Å². The predicted octanol–water partition coefficient (Wildman–Crippen LogP) is 2.03. The number of fused-ring (bicyclic) bond motifs is 5. The van der Waals surface area contributed by atoms with Gasteiger partial charge in [-0.15, -0.1) is 0 Å². The summed E-state index contributed by atoms with van der Waals surface area (Å²) in [5, 5.41) is 30.8. The molecule has 2 unspecified atom stereocenters. The van der Waals surface area contributed by atoms with E-state index >= 15 is 0 Å². The van der Waals surface area contributed by atoms with Crippen LogP contribution in [-0.2, 0) is 10.3 Å². The van der Waals surface area contributed by atoms with Crippen molar-refractivity contribution in [2.75, 3.05) is 6.61 Å². The molecule has 0 aliphatic carbocycles. The molecule has 2 bridgehead atoms. The summed E-state index contributed by atoms with van der Waals surface area (Å²) in [6.07, 6.45) is 3.10. The molecule has 108 valence electrons. The molecular formula is C16H15NO4. The van der Waals surface area contributed by atoms with Gasteiger partial charge in [0.1, 0.15) is 11.7 Å². The van der Waals surface area contributed by atoms with Crippen LogP contribution in [0.3, 0.4) is 0 Å². The molecule has 3 heterocycles. The van der Waals surface area contributed by atoms with Crippen molar-refractivity contribution in [3.8, 4) is 17.4 Å².